The molecule has 3 aromatic rings. The van der Waals surface area contributed by atoms with Crippen molar-refractivity contribution in [2.45, 2.75) is 11.5 Å². The van der Waals surface area contributed by atoms with Gasteiger partial charge in [0.1, 0.15) is 0 Å². The van der Waals surface area contributed by atoms with E-state index in [0.717, 1.165) is 0 Å². The van der Waals surface area contributed by atoms with Crippen molar-refractivity contribution in [1.29, 1.82) is 0 Å². The van der Waals surface area contributed by atoms with Gasteiger partial charge in [-0.05, 0) is 0 Å². The molecular formula is C18H17Ge. The van der Waals surface area contributed by atoms with Crippen LogP contribution in [0.1, 0.15) is 0 Å². The maximum atomic E-state index is 2.42. The molecule has 0 spiro atoms. The molecule has 0 aliphatic rings. The number of benzene rings is 3. The van der Waals surface area contributed by atoms with Crippen molar-refractivity contribution in [3.8, 4) is 11.1 Å². The van der Waals surface area contributed by atoms with E-state index in [2.05, 4.69) is 78.2 Å². The third-order valence-corrected chi connectivity index (χ3v) is 6.70. The number of hydrogen-bond acceptors (Lipinski definition) is 0. The Morgan fingerprint density at radius 2 is 1.37 bits per heavy atom. The molecule has 3 aromatic carbocycles. The van der Waals surface area contributed by atoms with Crippen LogP contribution in [0.4, 0.5) is 0 Å². The molecule has 0 saturated carbocycles. The van der Waals surface area contributed by atoms with E-state index in [1.54, 1.807) is 4.40 Å². The van der Waals surface area contributed by atoms with Gasteiger partial charge < -0.3 is 0 Å². The van der Waals surface area contributed by atoms with E-state index in [4.69, 9.17) is 0 Å². The Hall–Kier alpha value is -1.54. The first-order valence-corrected chi connectivity index (χ1v) is 11.9. The predicted molar refractivity (Wildman–Crippen MR) is 86.5 cm³/mol. The first-order valence-electron chi connectivity index (χ1n) is 6.64. The van der Waals surface area contributed by atoms with Gasteiger partial charge in [-0.3, -0.25) is 0 Å². The van der Waals surface area contributed by atoms with Crippen LogP contribution in [0.5, 0.6) is 0 Å². The minimum atomic E-state index is -1.07. The second-order valence-corrected chi connectivity index (χ2v) is 10.4. The molecule has 0 aliphatic carbocycles. The molecule has 93 valence electrons. The average molecular weight is 306 g/mol. The van der Waals surface area contributed by atoms with Gasteiger partial charge in [0.15, 0.2) is 0 Å². The minimum absolute atomic E-state index is 1.07. The summed E-state index contributed by atoms with van der Waals surface area (Å²) in [5, 5.41) is 2.64. The van der Waals surface area contributed by atoms with Crippen molar-refractivity contribution in [1.82, 2.24) is 0 Å². The summed E-state index contributed by atoms with van der Waals surface area (Å²) >= 11 is -1.07. The quantitative estimate of drug-likeness (QED) is 0.613. The monoisotopic (exact) mass is 307 g/mol. The summed E-state index contributed by atoms with van der Waals surface area (Å²) in [6.45, 7) is 0. The molecule has 0 nitrogen and oxygen atoms in total. The summed E-state index contributed by atoms with van der Waals surface area (Å²) in [7, 11) is 0. The Balaban J connectivity index is 2.19. The van der Waals surface area contributed by atoms with E-state index in [-0.39, 0.29) is 0 Å². The molecule has 19 heavy (non-hydrogen) atoms. The van der Waals surface area contributed by atoms with E-state index in [1.807, 2.05) is 0 Å². The van der Waals surface area contributed by atoms with E-state index >= 15 is 0 Å². The summed E-state index contributed by atoms with van der Waals surface area (Å²) in [4.78, 5) is 0. The van der Waals surface area contributed by atoms with Crippen LogP contribution in [0.3, 0.4) is 0 Å². The van der Waals surface area contributed by atoms with Crippen LogP contribution in [0.2, 0.25) is 11.5 Å². The molecule has 0 fully saturated rings. The van der Waals surface area contributed by atoms with Gasteiger partial charge in [-0.15, -0.1) is 0 Å². The molecule has 0 unspecified atom stereocenters. The van der Waals surface area contributed by atoms with Crippen LogP contribution in [0.15, 0.2) is 66.7 Å². The first kappa shape index (κ1) is 12.5. The zero-order valence-corrected chi connectivity index (χ0v) is 13.4. The zero-order chi connectivity index (χ0) is 13.2. The third kappa shape index (κ3) is 2.45. The first-order chi connectivity index (χ1) is 9.25. The van der Waals surface area contributed by atoms with Crippen LogP contribution in [-0.4, -0.2) is 14.3 Å². The van der Waals surface area contributed by atoms with Crippen molar-refractivity contribution in [2.75, 3.05) is 0 Å². The molecule has 0 aromatic heterocycles. The average Bonchev–Trinajstić information content (AvgIpc) is 2.46. The SMILES string of the molecule is [CH3][Ge]([CH3])[c]1ccccc1-c1ccc2ccccc2c1. The van der Waals surface area contributed by atoms with Crippen LogP contribution in [0, 0.1) is 0 Å². The molecule has 3 rings (SSSR count). The predicted octanol–water partition coefficient (Wildman–Crippen LogP) is 4.47. The van der Waals surface area contributed by atoms with Gasteiger partial charge in [0.25, 0.3) is 0 Å². The summed E-state index contributed by atoms with van der Waals surface area (Å²) in [5.41, 5.74) is 2.77. The molecule has 1 heteroatoms. The maximum absolute atomic E-state index is 2.42. The van der Waals surface area contributed by atoms with Crippen molar-refractivity contribution in [2.24, 2.45) is 0 Å². The van der Waals surface area contributed by atoms with Crippen molar-refractivity contribution in [3.63, 3.8) is 0 Å². The fourth-order valence-electron chi connectivity index (χ4n) is 2.53. The van der Waals surface area contributed by atoms with Gasteiger partial charge in [-0.1, -0.05) is 0 Å². The summed E-state index contributed by atoms with van der Waals surface area (Å²) in [5.74, 6) is 4.83. The molecule has 0 atom stereocenters. The fraction of sp³-hybridized carbons (Fsp3) is 0.111. The van der Waals surface area contributed by atoms with E-state index in [9.17, 15) is 0 Å². The second kappa shape index (κ2) is 5.22. The summed E-state index contributed by atoms with van der Waals surface area (Å²) in [6, 6.07) is 24.2. The van der Waals surface area contributed by atoms with E-state index in [0.29, 0.717) is 0 Å². The Morgan fingerprint density at radius 3 is 2.16 bits per heavy atom. The van der Waals surface area contributed by atoms with Gasteiger partial charge in [-0.25, -0.2) is 0 Å². The molecule has 0 aliphatic heterocycles. The number of rotatable bonds is 2. The van der Waals surface area contributed by atoms with Gasteiger partial charge in [-0.2, -0.15) is 0 Å². The zero-order valence-electron chi connectivity index (χ0n) is 11.4. The topological polar surface area (TPSA) is 0 Å². The normalized spacial score (nSPS) is 11.1. The van der Waals surface area contributed by atoms with Crippen molar-refractivity contribution < 1.29 is 0 Å². The summed E-state index contributed by atoms with van der Waals surface area (Å²) < 4.78 is 1.58. The van der Waals surface area contributed by atoms with E-state index in [1.165, 1.54) is 21.9 Å². The Bertz CT molecular complexity index is 713. The standard InChI is InChI=1S/C18H17Ge/c1-19(2)18-10-6-5-9-17(18)16-12-11-14-7-3-4-8-15(14)13-16/h3-13H,1-2H3. The van der Waals surface area contributed by atoms with Crippen LogP contribution in [-0.2, 0) is 0 Å². The third-order valence-electron chi connectivity index (χ3n) is 3.53. The summed E-state index contributed by atoms with van der Waals surface area (Å²) in [6.07, 6.45) is 0. The van der Waals surface area contributed by atoms with Gasteiger partial charge >= 0.3 is 119 Å². The van der Waals surface area contributed by atoms with Gasteiger partial charge in [0, 0.05) is 0 Å². The Kier molecular flexibility index (Phi) is 3.43. The Morgan fingerprint density at radius 1 is 0.684 bits per heavy atom. The van der Waals surface area contributed by atoms with Gasteiger partial charge in [0.2, 0.25) is 0 Å². The van der Waals surface area contributed by atoms with Crippen LogP contribution >= 0.6 is 0 Å². The number of fused-ring (bicyclic) bond motifs is 1. The molecule has 0 amide bonds. The van der Waals surface area contributed by atoms with Crippen LogP contribution < -0.4 is 4.40 Å². The number of hydrogen-bond donors (Lipinski definition) is 0. The van der Waals surface area contributed by atoms with Crippen molar-refractivity contribution in [3.05, 3.63) is 66.7 Å². The van der Waals surface area contributed by atoms with Crippen molar-refractivity contribution >= 4 is 29.5 Å². The molecule has 0 bridgehead atoms. The van der Waals surface area contributed by atoms with E-state index < -0.39 is 14.3 Å². The Labute approximate surface area is 119 Å². The second-order valence-electron chi connectivity index (χ2n) is 5.11. The molecule has 1 radical (unpaired) electrons. The molecule has 0 heterocycles. The molecule has 0 saturated heterocycles. The fourth-order valence-corrected chi connectivity index (χ4v) is 5.04. The van der Waals surface area contributed by atoms with Crippen LogP contribution in [0.25, 0.3) is 21.9 Å². The van der Waals surface area contributed by atoms with Gasteiger partial charge in [0.05, 0.1) is 0 Å². The molecular weight excluding hydrogens is 289 g/mol. The molecule has 0 N–H and O–H groups in total.